The van der Waals surface area contributed by atoms with Crippen molar-refractivity contribution >= 4 is 11.6 Å². The molecule has 18 heavy (non-hydrogen) atoms. The predicted molar refractivity (Wildman–Crippen MR) is 72.0 cm³/mol. The molecule has 0 heterocycles. The van der Waals surface area contributed by atoms with E-state index in [0.29, 0.717) is 12.6 Å². The number of ether oxygens (including phenoxy) is 1. The van der Waals surface area contributed by atoms with Crippen LogP contribution in [0.25, 0.3) is 0 Å². The second kappa shape index (κ2) is 5.29. The predicted octanol–water partition coefficient (Wildman–Crippen LogP) is 2.04. The van der Waals surface area contributed by atoms with Crippen molar-refractivity contribution < 1.29 is 9.53 Å². The number of hydrogen-bond donors (Lipinski definition) is 1. The van der Waals surface area contributed by atoms with E-state index in [0.717, 1.165) is 29.8 Å². The lowest BCUT2D eigenvalue weighted by atomic mass is 10.2. The molecule has 0 bridgehead atoms. The van der Waals surface area contributed by atoms with Crippen molar-refractivity contribution in [1.29, 1.82) is 0 Å². The Balaban J connectivity index is 1.96. The molecule has 1 aromatic carbocycles. The Morgan fingerprint density at radius 2 is 2.22 bits per heavy atom. The van der Waals surface area contributed by atoms with Gasteiger partial charge in [0.25, 0.3) is 0 Å². The summed E-state index contributed by atoms with van der Waals surface area (Å²) < 4.78 is 5.27. The van der Waals surface area contributed by atoms with E-state index in [9.17, 15) is 4.79 Å². The molecule has 98 valence electrons. The van der Waals surface area contributed by atoms with Gasteiger partial charge in [0.1, 0.15) is 5.75 Å². The molecular formula is C14H20N2O2. The van der Waals surface area contributed by atoms with E-state index in [2.05, 4.69) is 5.32 Å². The monoisotopic (exact) mass is 248 g/mol. The van der Waals surface area contributed by atoms with Crippen molar-refractivity contribution in [2.75, 3.05) is 26.0 Å². The summed E-state index contributed by atoms with van der Waals surface area (Å²) in [7, 11) is 3.50. The van der Waals surface area contributed by atoms with Gasteiger partial charge in [0, 0.05) is 13.1 Å². The number of benzene rings is 1. The third kappa shape index (κ3) is 2.94. The second-order valence-corrected chi connectivity index (χ2v) is 4.79. The number of nitrogens with zero attached hydrogens (tertiary/aromatic N) is 1. The van der Waals surface area contributed by atoms with E-state index >= 15 is 0 Å². The lowest BCUT2D eigenvalue weighted by Crippen LogP contribution is -2.33. The first kappa shape index (κ1) is 12.7. The van der Waals surface area contributed by atoms with Gasteiger partial charge in [0.05, 0.1) is 19.3 Å². The van der Waals surface area contributed by atoms with Gasteiger partial charge in [0.2, 0.25) is 5.91 Å². The van der Waals surface area contributed by atoms with Crippen molar-refractivity contribution in [3.8, 4) is 5.75 Å². The Labute approximate surface area is 108 Å². The number of amides is 1. The Kier molecular flexibility index (Phi) is 3.75. The van der Waals surface area contributed by atoms with E-state index in [1.54, 1.807) is 7.11 Å². The van der Waals surface area contributed by atoms with Gasteiger partial charge >= 0.3 is 0 Å². The number of methoxy groups -OCH3 is 1. The van der Waals surface area contributed by atoms with Gasteiger partial charge in [-0.25, -0.2) is 0 Å². The van der Waals surface area contributed by atoms with Gasteiger partial charge < -0.3 is 15.0 Å². The van der Waals surface area contributed by atoms with Crippen LogP contribution in [0.3, 0.4) is 0 Å². The highest BCUT2D eigenvalue weighted by molar-refractivity contribution is 5.81. The number of aryl methyl sites for hydroxylation is 1. The number of rotatable bonds is 5. The van der Waals surface area contributed by atoms with E-state index in [1.165, 1.54) is 0 Å². The van der Waals surface area contributed by atoms with Crippen LogP contribution in [0.5, 0.6) is 5.75 Å². The Morgan fingerprint density at radius 3 is 2.83 bits per heavy atom. The average molecular weight is 248 g/mol. The van der Waals surface area contributed by atoms with Gasteiger partial charge in [-0.1, -0.05) is 6.07 Å². The molecule has 1 N–H and O–H groups in total. The van der Waals surface area contributed by atoms with Crippen LogP contribution in [0.1, 0.15) is 18.4 Å². The summed E-state index contributed by atoms with van der Waals surface area (Å²) in [5.41, 5.74) is 2.01. The molecule has 1 aromatic rings. The first-order valence-corrected chi connectivity index (χ1v) is 6.26. The molecule has 0 spiro atoms. The molecular weight excluding hydrogens is 228 g/mol. The molecule has 4 heteroatoms. The highest BCUT2D eigenvalue weighted by Crippen LogP contribution is 2.27. The SMILES string of the molecule is COc1ccc(C)cc1NCC(=O)N(C)C1CC1. The van der Waals surface area contributed by atoms with Crippen LogP contribution < -0.4 is 10.1 Å². The highest BCUT2D eigenvalue weighted by Gasteiger charge is 2.29. The van der Waals surface area contributed by atoms with Gasteiger partial charge in [-0.2, -0.15) is 0 Å². The molecule has 4 nitrogen and oxygen atoms in total. The summed E-state index contributed by atoms with van der Waals surface area (Å²) in [5.74, 6) is 0.892. The van der Waals surface area contributed by atoms with E-state index in [4.69, 9.17) is 4.74 Å². The molecule has 1 saturated carbocycles. The van der Waals surface area contributed by atoms with Gasteiger partial charge in [-0.05, 0) is 37.5 Å². The van der Waals surface area contributed by atoms with Crippen LogP contribution >= 0.6 is 0 Å². The molecule has 0 unspecified atom stereocenters. The van der Waals surface area contributed by atoms with Crippen molar-refractivity contribution in [2.24, 2.45) is 0 Å². The standard InChI is InChI=1S/C14H20N2O2/c1-10-4-7-13(18-3)12(8-10)15-9-14(17)16(2)11-5-6-11/h4,7-8,11,15H,5-6,9H2,1-3H3. The van der Waals surface area contributed by atoms with E-state index < -0.39 is 0 Å². The Morgan fingerprint density at radius 1 is 1.50 bits per heavy atom. The second-order valence-electron chi connectivity index (χ2n) is 4.79. The fourth-order valence-electron chi connectivity index (χ4n) is 1.92. The quantitative estimate of drug-likeness (QED) is 0.867. The third-order valence-corrected chi connectivity index (χ3v) is 3.27. The fourth-order valence-corrected chi connectivity index (χ4v) is 1.92. The number of likely N-dealkylation sites (N-methyl/N-ethyl adjacent to an activating group) is 1. The minimum Gasteiger partial charge on any atom is -0.495 e. The zero-order valence-corrected chi connectivity index (χ0v) is 11.2. The summed E-state index contributed by atoms with van der Waals surface area (Å²) in [4.78, 5) is 13.7. The van der Waals surface area contributed by atoms with Crippen LogP contribution in [0.15, 0.2) is 18.2 Å². The molecule has 0 aromatic heterocycles. The fraction of sp³-hybridized carbons (Fsp3) is 0.500. The number of hydrogen-bond acceptors (Lipinski definition) is 3. The summed E-state index contributed by atoms with van der Waals surface area (Å²) in [6.07, 6.45) is 2.27. The van der Waals surface area contributed by atoms with E-state index in [-0.39, 0.29) is 5.91 Å². The Bertz CT molecular complexity index is 441. The van der Waals surface area contributed by atoms with Gasteiger partial charge in [0.15, 0.2) is 0 Å². The zero-order chi connectivity index (χ0) is 13.1. The minimum absolute atomic E-state index is 0.126. The molecule has 1 amide bonds. The average Bonchev–Trinajstić information content (AvgIpc) is 3.19. The molecule has 0 atom stereocenters. The molecule has 1 fully saturated rings. The smallest absolute Gasteiger partial charge is 0.241 e. The number of carbonyl (C=O) groups is 1. The molecule has 0 radical (unpaired) electrons. The summed E-state index contributed by atoms with van der Waals surface area (Å²) in [5, 5.41) is 3.15. The van der Waals surface area contributed by atoms with Gasteiger partial charge in [-0.15, -0.1) is 0 Å². The molecule has 0 saturated heterocycles. The number of nitrogens with one attached hydrogen (secondary N) is 1. The lowest BCUT2D eigenvalue weighted by molar-refractivity contribution is -0.128. The van der Waals surface area contributed by atoms with Crippen molar-refractivity contribution in [3.05, 3.63) is 23.8 Å². The highest BCUT2D eigenvalue weighted by atomic mass is 16.5. The largest absolute Gasteiger partial charge is 0.495 e. The normalized spacial score (nSPS) is 14.2. The minimum atomic E-state index is 0.126. The zero-order valence-electron chi connectivity index (χ0n) is 11.2. The van der Waals surface area contributed by atoms with Crippen LogP contribution in [-0.2, 0) is 4.79 Å². The maximum Gasteiger partial charge on any atom is 0.241 e. The van der Waals surface area contributed by atoms with E-state index in [1.807, 2.05) is 37.1 Å². The number of anilines is 1. The van der Waals surface area contributed by atoms with Crippen molar-refractivity contribution in [2.45, 2.75) is 25.8 Å². The number of carbonyl (C=O) groups excluding carboxylic acids is 1. The summed E-state index contributed by atoms with van der Waals surface area (Å²) in [6, 6.07) is 6.34. The van der Waals surface area contributed by atoms with Crippen LogP contribution in [0.2, 0.25) is 0 Å². The molecule has 2 rings (SSSR count). The Hall–Kier alpha value is -1.71. The third-order valence-electron chi connectivity index (χ3n) is 3.27. The topological polar surface area (TPSA) is 41.6 Å². The molecule has 0 aliphatic heterocycles. The molecule has 1 aliphatic carbocycles. The lowest BCUT2D eigenvalue weighted by Gasteiger charge is -2.18. The maximum absolute atomic E-state index is 11.9. The van der Waals surface area contributed by atoms with Gasteiger partial charge in [-0.3, -0.25) is 4.79 Å². The maximum atomic E-state index is 11.9. The summed E-state index contributed by atoms with van der Waals surface area (Å²) >= 11 is 0. The summed E-state index contributed by atoms with van der Waals surface area (Å²) in [6.45, 7) is 2.33. The van der Waals surface area contributed by atoms with Crippen molar-refractivity contribution in [3.63, 3.8) is 0 Å². The van der Waals surface area contributed by atoms with Crippen LogP contribution in [0.4, 0.5) is 5.69 Å². The van der Waals surface area contributed by atoms with Crippen molar-refractivity contribution in [1.82, 2.24) is 4.90 Å². The van der Waals surface area contributed by atoms with Crippen LogP contribution in [-0.4, -0.2) is 37.6 Å². The first-order chi connectivity index (χ1) is 8.61. The van der Waals surface area contributed by atoms with Crippen LogP contribution in [0, 0.1) is 6.92 Å². The first-order valence-electron chi connectivity index (χ1n) is 6.26. The molecule has 1 aliphatic rings.